The molecule has 0 bridgehead atoms. The summed E-state index contributed by atoms with van der Waals surface area (Å²) in [6.07, 6.45) is 0. The third-order valence-corrected chi connectivity index (χ3v) is 3.05. The van der Waals surface area contributed by atoms with E-state index >= 15 is 0 Å². The zero-order valence-corrected chi connectivity index (χ0v) is 9.37. The molecule has 0 unspecified atom stereocenters. The Hall–Kier alpha value is -1.82. The van der Waals surface area contributed by atoms with E-state index in [2.05, 4.69) is 4.98 Å². The van der Waals surface area contributed by atoms with Crippen LogP contribution in [-0.2, 0) is 6.54 Å². The van der Waals surface area contributed by atoms with Crippen LogP contribution in [0.5, 0.6) is 5.88 Å². The summed E-state index contributed by atoms with van der Waals surface area (Å²) >= 11 is 1.51. The summed E-state index contributed by atoms with van der Waals surface area (Å²) < 4.78 is 1.14. The summed E-state index contributed by atoms with van der Waals surface area (Å²) in [5.41, 5.74) is -0.0907. The van der Waals surface area contributed by atoms with E-state index in [1.54, 1.807) is 0 Å². The van der Waals surface area contributed by atoms with Gasteiger partial charge in [-0.25, -0.2) is 4.79 Å². The number of hydrogen-bond acceptors (Lipinski definition) is 4. The minimum atomic E-state index is -0.598. The van der Waals surface area contributed by atoms with E-state index in [1.807, 2.05) is 16.8 Å². The Balaban J connectivity index is 2.53. The highest BCUT2D eigenvalue weighted by atomic mass is 32.1. The van der Waals surface area contributed by atoms with Crippen LogP contribution in [-0.4, -0.2) is 14.7 Å². The number of hydrogen-bond donors (Lipinski definition) is 2. The van der Waals surface area contributed by atoms with Crippen LogP contribution in [0.4, 0.5) is 0 Å². The van der Waals surface area contributed by atoms with Crippen LogP contribution in [0, 0.1) is 6.92 Å². The van der Waals surface area contributed by atoms with Gasteiger partial charge in [-0.1, -0.05) is 0 Å². The van der Waals surface area contributed by atoms with Gasteiger partial charge in [-0.05, 0) is 29.3 Å². The van der Waals surface area contributed by atoms with Crippen LogP contribution in [0.1, 0.15) is 11.1 Å². The maximum absolute atomic E-state index is 11.5. The summed E-state index contributed by atoms with van der Waals surface area (Å²) in [7, 11) is 0. The molecule has 0 saturated heterocycles. The first-order chi connectivity index (χ1) is 7.59. The van der Waals surface area contributed by atoms with Gasteiger partial charge in [-0.15, -0.1) is 0 Å². The van der Waals surface area contributed by atoms with Crippen molar-refractivity contribution in [2.75, 3.05) is 0 Å². The number of thiophene rings is 1. The largest absolute Gasteiger partial charge is 0.494 e. The summed E-state index contributed by atoms with van der Waals surface area (Å²) in [5, 5.41) is 13.5. The van der Waals surface area contributed by atoms with E-state index in [0.717, 1.165) is 10.1 Å². The van der Waals surface area contributed by atoms with Crippen molar-refractivity contribution < 1.29 is 5.11 Å². The van der Waals surface area contributed by atoms with E-state index in [9.17, 15) is 14.7 Å². The number of H-pyrrole nitrogens is 1. The fourth-order valence-corrected chi connectivity index (χ4v) is 2.03. The van der Waals surface area contributed by atoms with Gasteiger partial charge < -0.3 is 5.11 Å². The van der Waals surface area contributed by atoms with Crippen LogP contribution >= 0.6 is 11.3 Å². The van der Waals surface area contributed by atoms with Crippen molar-refractivity contribution in [3.05, 3.63) is 48.8 Å². The number of rotatable bonds is 2. The maximum Gasteiger partial charge on any atom is 0.331 e. The Labute approximate surface area is 94.6 Å². The van der Waals surface area contributed by atoms with E-state index in [1.165, 1.54) is 18.3 Å². The molecule has 0 fully saturated rings. The Kier molecular flexibility index (Phi) is 2.66. The Bertz CT molecular complexity index is 610. The van der Waals surface area contributed by atoms with Crippen molar-refractivity contribution in [2.45, 2.75) is 13.5 Å². The summed E-state index contributed by atoms with van der Waals surface area (Å²) in [6, 6.07) is 1.86. The highest BCUT2D eigenvalue weighted by Crippen LogP contribution is 2.12. The van der Waals surface area contributed by atoms with Gasteiger partial charge >= 0.3 is 5.69 Å². The molecule has 16 heavy (non-hydrogen) atoms. The second-order valence-corrected chi connectivity index (χ2v) is 4.21. The zero-order chi connectivity index (χ0) is 11.7. The molecule has 0 aliphatic heterocycles. The number of aromatic nitrogens is 2. The van der Waals surface area contributed by atoms with Gasteiger partial charge in [0.25, 0.3) is 5.56 Å². The van der Waals surface area contributed by atoms with Gasteiger partial charge in [-0.3, -0.25) is 14.3 Å². The maximum atomic E-state index is 11.5. The van der Waals surface area contributed by atoms with Crippen LogP contribution in [0.3, 0.4) is 0 Å². The van der Waals surface area contributed by atoms with Crippen molar-refractivity contribution in [3.63, 3.8) is 0 Å². The first kappa shape index (κ1) is 10.7. The predicted octanol–water partition coefficient (Wildman–Crippen LogP) is 0.660. The standard InChI is InChI=1S/C10H10N2O3S/c1-6-8(13)11-10(15)12(9(6)14)4-7-2-3-16-5-7/h2-3,5,14H,4H2,1H3,(H,11,13,15). The lowest BCUT2D eigenvalue weighted by molar-refractivity contribution is 0.404. The molecule has 2 N–H and O–H groups in total. The quantitative estimate of drug-likeness (QED) is 0.807. The molecule has 0 spiro atoms. The number of aromatic amines is 1. The first-order valence-electron chi connectivity index (χ1n) is 4.63. The van der Waals surface area contributed by atoms with Crippen molar-refractivity contribution in [3.8, 4) is 5.88 Å². The van der Waals surface area contributed by atoms with E-state index in [-0.39, 0.29) is 18.0 Å². The molecular weight excluding hydrogens is 228 g/mol. The third-order valence-electron chi connectivity index (χ3n) is 2.32. The van der Waals surface area contributed by atoms with Crippen molar-refractivity contribution >= 4 is 11.3 Å². The average Bonchev–Trinajstić information content (AvgIpc) is 2.74. The number of nitrogens with one attached hydrogen (secondary N) is 1. The highest BCUT2D eigenvalue weighted by Gasteiger charge is 2.10. The molecule has 6 heteroatoms. The van der Waals surface area contributed by atoms with Gasteiger partial charge in [-0.2, -0.15) is 11.3 Å². The summed E-state index contributed by atoms with van der Waals surface area (Å²) in [6.45, 7) is 1.73. The molecule has 2 heterocycles. The molecule has 84 valence electrons. The first-order valence-corrected chi connectivity index (χ1v) is 5.57. The minimum Gasteiger partial charge on any atom is -0.494 e. The minimum absolute atomic E-state index is 0.148. The van der Waals surface area contributed by atoms with Gasteiger partial charge in [0.05, 0.1) is 12.1 Å². The Morgan fingerprint density at radius 3 is 2.88 bits per heavy atom. The fraction of sp³-hybridized carbons (Fsp3) is 0.200. The number of aromatic hydroxyl groups is 1. The molecule has 0 radical (unpaired) electrons. The molecule has 2 aromatic heterocycles. The number of nitrogens with zero attached hydrogens (tertiary/aromatic N) is 1. The lowest BCUT2D eigenvalue weighted by atomic mass is 10.3. The predicted molar refractivity (Wildman–Crippen MR) is 61.1 cm³/mol. The van der Waals surface area contributed by atoms with Crippen molar-refractivity contribution in [1.29, 1.82) is 0 Å². The lowest BCUT2D eigenvalue weighted by Crippen LogP contribution is -2.31. The van der Waals surface area contributed by atoms with Gasteiger partial charge in [0.1, 0.15) is 0 Å². The second-order valence-electron chi connectivity index (χ2n) is 3.43. The molecule has 0 aliphatic rings. The Morgan fingerprint density at radius 1 is 1.50 bits per heavy atom. The zero-order valence-electron chi connectivity index (χ0n) is 8.56. The fourth-order valence-electron chi connectivity index (χ4n) is 1.37. The second kappa shape index (κ2) is 3.97. The molecule has 2 rings (SSSR count). The Morgan fingerprint density at radius 2 is 2.25 bits per heavy atom. The summed E-state index contributed by atoms with van der Waals surface area (Å²) in [4.78, 5) is 24.8. The lowest BCUT2D eigenvalue weighted by Gasteiger charge is -2.07. The van der Waals surface area contributed by atoms with Gasteiger partial charge in [0, 0.05) is 0 Å². The SMILES string of the molecule is Cc1c(O)n(Cc2ccsc2)c(=O)[nH]c1=O. The normalized spacial score (nSPS) is 10.6. The molecule has 0 saturated carbocycles. The smallest absolute Gasteiger partial charge is 0.331 e. The van der Waals surface area contributed by atoms with Crippen LogP contribution in [0.25, 0.3) is 0 Å². The van der Waals surface area contributed by atoms with E-state index in [0.29, 0.717) is 0 Å². The molecule has 0 atom stereocenters. The molecule has 0 amide bonds. The van der Waals surface area contributed by atoms with Crippen LogP contribution in [0.15, 0.2) is 26.4 Å². The molecule has 0 aromatic carbocycles. The monoisotopic (exact) mass is 238 g/mol. The van der Waals surface area contributed by atoms with E-state index in [4.69, 9.17) is 0 Å². The molecular formula is C10H10N2O3S. The molecule has 2 aromatic rings. The molecule has 5 nitrogen and oxygen atoms in total. The van der Waals surface area contributed by atoms with Gasteiger partial charge in [0.15, 0.2) is 0 Å². The topological polar surface area (TPSA) is 75.1 Å². The van der Waals surface area contributed by atoms with Crippen LogP contribution < -0.4 is 11.2 Å². The van der Waals surface area contributed by atoms with Crippen molar-refractivity contribution in [1.82, 2.24) is 9.55 Å². The van der Waals surface area contributed by atoms with Crippen molar-refractivity contribution in [2.24, 2.45) is 0 Å². The van der Waals surface area contributed by atoms with E-state index < -0.39 is 11.2 Å². The third kappa shape index (κ3) is 1.79. The summed E-state index contributed by atoms with van der Waals surface area (Å²) in [5.74, 6) is -0.278. The highest BCUT2D eigenvalue weighted by molar-refractivity contribution is 7.07. The average molecular weight is 238 g/mol. The van der Waals surface area contributed by atoms with Crippen LogP contribution in [0.2, 0.25) is 0 Å². The molecule has 0 aliphatic carbocycles. The van der Waals surface area contributed by atoms with Gasteiger partial charge in [0.2, 0.25) is 5.88 Å².